The number of halogens is 2. The highest BCUT2D eigenvalue weighted by atomic mass is 19.1. The Morgan fingerprint density at radius 3 is 2.58 bits per heavy atom. The molecule has 1 amide bonds. The maximum atomic E-state index is 14.0. The molecular weight excluding hydrogens is 314 g/mol. The van der Waals surface area contributed by atoms with Crippen molar-refractivity contribution in [1.82, 2.24) is 5.32 Å². The second-order valence-corrected chi connectivity index (χ2v) is 6.94. The molecule has 1 saturated carbocycles. The normalized spacial score (nSPS) is 26.5. The Hall–Kier alpha value is -1.53. The number of hydrogen-bond donors (Lipinski definition) is 2. The van der Waals surface area contributed by atoms with Crippen LogP contribution in [0, 0.1) is 17.0 Å². The molecule has 3 unspecified atom stereocenters. The summed E-state index contributed by atoms with van der Waals surface area (Å²) in [6, 6.07) is 2.81. The minimum Gasteiger partial charge on any atom is -0.378 e. The molecule has 1 aliphatic rings. The Bertz CT molecular complexity index is 621. The van der Waals surface area contributed by atoms with E-state index in [1.807, 2.05) is 27.7 Å². The van der Waals surface area contributed by atoms with Gasteiger partial charge in [0.25, 0.3) is 0 Å². The molecular formula is C18H26F2N2O2. The van der Waals surface area contributed by atoms with E-state index in [0.717, 1.165) is 6.07 Å². The van der Waals surface area contributed by atoms with Crippen LogP contribution in [0.2, 0.25) is 0 Å². The fraction of sp³-hybridized carbons (Fsp3) is 0.611. The van der Waals surface area contributed by atoms with Crippen molar-refractivity contribution in [3.8, 4) is 0 Å². The molecule has 0 radical (unpaired) electrons. The smallest absolute Gasteiger partial charge is 0.241 e. The van der Waals surface area contributed by atoms with E-state index in [0.29, 0.717) is 19.4 Å². The molecule has 6 heteroatoms. The predicted octanol–water partition coefficient (Wildman–Crippen LogP) is 3.06. The topological polar surface area (TPSA) is 64.3 Å². The van der Waals surface area contributed by atoms with Gasteiger partial charge in [-0.25, -0.2) is 8.78 Å². The minimum absolute atomic E-state index is 0.0825. The number of nitrogens with one attached hydrogen (secondary N) is 1. The zero-order valence-corrected chi connectivity index (χ0v) is 14.7. The van der Waals surface area contributed by atoms with Crippen molar-refractivity contribution < 1.29 is 18.3 Å². The van der Waals surface area contributed by atoms with Gasteiger partial charge in [0.05, 0.1) is 12.1 Å². The molecule has 134 valence electrons. The van der Waals surface area contributed by atoms with Gasteiger partial charge in [0.1, 0.15) is 17.2 Å². The van der Waals surface area contributed by atoms with E-state index in [2.05, 4.69) is 5.32 Å². The van der Waals surface area contributed by atoms with Gasteiger partial charge in [-0.15, -0.1) is 0 Å². The van der Waals surface area contributed by atoms with E-state index in [1.54, 1.807) is 0 Å². The van der Waals surface area contributed by atoms with Crippen LogP contribution < -0.4 is 11.1 Å². The molecule has 0 saturated heterocycles. The van der Waals surface area contributed by atoms with E-state index in [1.165, 1.54) is 12.1 Å². The summed E-state index contributed by atoms with van der Waals surface area (Å²) in [4.78, 5) is 12.7. The molecule has 1 fully saturated rings. The Labute approximate surface area is 141 Å². The fourth-order valence-electron chi connectivity index (χ4n) is 3.29. The third-order valence-electron chi connectivity index (χ3n) is 5.29. The highest BCUT2D eigenvalue weighted by molar-refractivity contribution is 5.89. The van der Waals surface area contributed by atoms with Crippen LogP contribution in [0.5, 0.6) is 0 Å². The maximum Gasteiger partial charge on any atom is 0.241 e. The molecule has 0 bridgehead atoms. The third-order valence-corrected chi connectivity index (χ3v) is 5.29. The van der Waals surface area contributed by atoms with E-state index in [4.69, 9.17) is 10.5 Å². The van der Waals surface area contributed by atoms with Gasteiger partial charge in [-0.3, -0.25) is 4.79 Å². The van der Waals surface area contributed by atoms with Crippen molar-refractivity contribution in [3.63, 3.8) is 0 Å². The molecule has 1 aromatic rings. The molecule has 4 nitrogen and oxygen atoms in total. The molecule has 3 N–H and O–H groups in total. The van der Waals surface area contributed by atoms with Crippen LogP contribution in [0.3, 0.4) is 0 Å². The maximum absolute atomic E-state index is 14.0. The lowest BCUT2D eigenvalue weighted by Crippen LogP contribution is -2.75. The average Bonchev–Trinajstić information content (AvgIpc) is 2.52. The number of benzene rings is 1. The van der Waals surface area contributed by atoms with Crippen LogP contribution in [0.25, 0.3) is 0 Å². The van der Waals surface area contributed by atoms with Crippen LogP contribution in [0.4, 0.5) is 8.78 Å². The lowest BCUT2D eigenvalue weighted by Gasteiger charge is -2.57. The second kappa shape index (κ2) is 6.76. The lowest BCUT2D eigenvalue weighted by molar-refractivity contribution is -0.171. The number of rotatable bonds is 6. The summed E-state index contributed by atoms with van der Waals surface area (Å²) in [6.07, 6.45) is 0.808. The summed E-state index contributed by atoms with van der Waals surface area (Å²) in [6.45, 7) is 8.08. The molecule has 0 spiro atoms. The summed E-state index contributed by atoms with van der Waals surface area (Å²) < 4.78 is 32.7. The molecule has 3 atom stereocenters. The SMILES string of the molecule is CCOC1CC(N)(C(=O)NC(CC)c2ccc(F)cc2F)C1(C)C. The Morgan fingerprint density at radius 1 is 1.42 bits per heavy atom. The Kier molecular flexibility index (Phi) is 5.30. The van der Waals surface area contributed by atoms with E-state index in [9.17, 15) is 13.6 Å². The summed E-state index contributed by atoms with van der Waals surface area (Å²) >= 11 is 0. The first kappa shape index (κ1) is 18.8. The van der Waals surface area contributed by atoms with Crippen LogP contribution in [-0.2, 0) is 9.53 Å². The van der Waals surface area contributed by atoms with Gasteiger partial charge < -0.3 is 15.8 Å². The Balaban J connectivity index is 2.15. The lowest BCUT2D eigenvalue weighted by atomic mass is 9.54. The molecule has 0 aliphatic heterocycles. The number of carbonyl (C=O) groups is 1. The molecule has 1 aliphatic carbocycles. The van der Waals surface area contributed by atoms with Crippen LogP contribution >= 0.6 is 0 Å². The van der Waals surface area contributed by atoms with Gasteiger partial charge in [-0.05, 0) is 19.4 Å². The van der Waals surface area contributed by atoms with Crippen molar-refractivity contribution in [1.29, 1.82) is 0 Å². The first-order valence-electron chi connectivity index (χ1n) is 8.33. The van der Waals surface area contributed by atoms with E-state index >= 15 is 0 Å². The summed E-state index contributed by atoms with van der Waals surface area (Å²) in [7, 11) is 0. The van der Waals surface area contributed by atoms with Crippen molar-refractivity contribution in [2.75, 3.05) is 6.61 Å². The number of amides is 1. The number of carbonyl (C=O) groups excluding carboxylic acids is 1. The predicted molar refractivity (Wildman–Crippen MR) is 88.3 cm³/mol. The minimum atomic E-state index is -1.07. The standard InChI is InChI=1S/C18H26F2N2O2/c1-5-14(12-8-7-11(19)9-13(12)20)22-16(23)18(21)10-15(24-6-2)17(18,3)4/h7-9,14-15H,5-6,10,21H2,1-4H3,(H,22,23). The van der Waals surface area contributed by atoms with E-state index < -0.39 is 28.6 Å². The quantitative estimate of drug-likeness (QED) is 0.836. The van der Waals surface area contributed by atoms with Gasteiger partial charge in [-0.2, -0.15) is 0 Å². The molecule has 1 aromatic carbocycles. The molecule has 0 heterocycles. The zero-order valence-electron chi connectivity index (χ0n) is 14.7. The first-order valence-corrected chi connectivity index (χ1v) is 8.33. The summed E-state index contributed by atoms with van der Waals surface area (Å²) in [5, 5.41) is 2.82. The van der Waals surface area contributed by atoms with Crippen molar-refractivity contribution >= 4 is 5.91 Å². The van der Waals surface area contributed by atoms with Crippen molar-refractivity contribution in [2.24, 2.45) is 11.1 Å². The summed E-state index contributed by atoms with van der Waals surface area (Å²) in [5.41, 5.74) is 5.01. The summed E-state index contributed by atoms with van der Waals surface area (Å²) in [5.74, 6) is -1.65. The number of hydrogen-bond acceptors (Lipinski definition) is 3. The highest BCUT2D eigenvalue weighted by Gasteiger charge is 2.63. The van der Waals surface area contributed by atoms with Crippen LogP contribution in [-0.4, -0.2) is 24.2 Å². The second-order valence-electron chi connectivity index (χ2n) is 6.94. The number of nitrogens with two attached hydrogens (primary N) is 1. The third kappa shape index (κ3) is 3.05. The number of ether oxygens (including phenoxy) is 1. The molecule has 24 heavy (non-hydrogen) atoms. The van der Waals surface area contributed by atoms with Gasteiger partial charge in [0.2, 0.25) is 5.91 Å². The Morgan fingerprint density at radius 2 is 2.08 bits per heavy atom. The van der Waals surface area contributed by atoms with Gasteiger partial charge in [0.15, 0.2) is 0 Å². The average molecular weight is 340 g/mol. The van der Waals surface area contributed by atoms with E-state index in [-0.39, 0.29) is 17.6 Å². The van der Waals surface area contributed by atoms with Crippen LogP contribution in [0.15, 0.2) is 18.2 Å². The van der Waals surface area contributed by atoms with Crippen molar-refractivity contribution in [3.05, 3.63) is 35.4 Å². The van der Waals surface area contributed by atoms with Gasteiger partial charge >= 0.3 is 0 Å². The van der Waals surface area contributed by atoms with Crippen molar-refractivity contribution in [2.45, 2.75) is 58.2 Å². The largest absolute Gasteiger partial charge is 0.378 e. The van der Waals surface area contributed by atoms with Crippen LogP contribution in [0.1, 0.15) is 52.1 Å². The highest BCUT2D eigenvalue weighted by Crippen LogP contribution is 2.50. The first-order chi connectivity index (χ1) is 11.2. The van der Waals surface area contributed by atoms with Gasteiger partial charge in [0, 0.05) is 30.1 Å². The monoisotopic (exact) mass is 340 g/mol. The molecule has 0 aromatic heterocycles. The van der Waals surface area contributed by atoms with Gasteiger partial charge in [-0.1, -0.05) is 26.8 Å². The fourth-order valence-corrected chi connectivity index (χ4v) is 3.29. The zero-order chi connectivity index (χ0) is 18.1. The molecule has 2 rings (SSSR count).